The zero-order valence-corrected chi connectivity index (χ0v) is 22.8. The standard InChI is InChI=1S/C29H40O11/c1-26-7-5-14(37-21-11-16(31)22(33)18(12-30)39-21)9-13(26)10-19-29(40-19)24(26)23(34)25(35)27(2)15(6-8-28(27,29)36)17-3-4-20(32)38-17/h3-4,13-19,21-24,30-31,33-34,36H,5-12H2,1-2H3/t13-,14-,15+,16-,17+,18-,19+,21-,22+,23+,24+,26-,27-,28+,29+/m0/s1. The summed E-state index contributed by atoms with van der Waals surface area (Å²) in [5.74, 6) is -1.86. The number of cyclic esters (lactones) is 1. The molecule has 7 aliphatic rings. The van der Waals surface area contributed by atoms with Gasteiger partial charge in [-0.15, -0.1) is 0 Å². The highest BCUT2D eigenvalue weighted by atomic mass is 16.7. The average molecular weight is 565 g/mol. The molecule has 7 rings (SSSR count). The average Bonchev–Trinajstić information content (AvgIpc) is 3.36. The van der Waals surface area contributed by atoms with Gasteiger partial charge in [0.05, 0.1) is 30.3 Å². The van der Waals surface area contributed by atoms with E-state index in [0.717, 1.165) is 0 Å². The van der Waals surface area contributed by atoms with Gasteiger partial charge in [0.1, 0.15) is 35.6 Å². The predicted octanol–water partition coefficient (Wildman–Crippen LogP) is -0.263. The van der Waals surface area contributed by atoms with Crippen LogP contribution >= 0.6 is 0 Å². The fraction of sp³-hybridized carbons (Fsp3) is 0.862. The zero-order valence-electron chi connectivity index (χ0n) is 22.8. The molecule has 6 fully saturated rings. The van der Waals surface area contributed by atoms with Crippen LogP contribution in [-0.2, 0) is 28.5 Å². The second-order valence-corrected chi connectivity index (χ2v) is 13.7. The lowest BCUT2D eigenvalue weighted by Gasteiger charge is -2.62. The molecular formula is C29H40O11. The molecule has 15 atom stereocenters. The highest BCUT2D eigenvalue weighted by molar-refractivity contribution is 5.93. The van der Waals surface area contributed by atoms with Crippen molar-refractivity contribution >= 4 is 11.8 Å². The Morgan fingerprint density at radius 1 is 1.07 bits per heavy atom. The van der Waals surface area contributed by atoms with Crippen LogP contribution in [0.25, 0.3) is 0 Å². The molecule has 40 heavy (non-hydrogen) atoms. The van der Waals surface area contributed by atoms with Crippen molar-refractivity contribution in [2.24, 2.45) is 28.6 Å². The number of hydrogen-bond acceptors (Lipinski definition) is 11. The number of Topliss-reactive ketones (excluding diaryl/α,β-unsaturated/α-hetero) is 1. The van der Waals surface area contributed by atoms with E-state index in [1.807, 2.05) is 0 Å². The number of aliphatic hydroxyl groups is 5. The smallest absolute Gasteiger partial charge is 0.331 e. The van der Waals surface area contributed by atoms with Crippen LogP contribution in [-0.4, -0.2) is 104 Å². The normalized spacial score (nSPS) is 58.5. The van der Waals surface area contributed by atoms with E-state index in [2.05, 4.69) is 6.92 Å². The Balaban J connectivity index is 1.14. The monoisotopic (exact) mass is 564 g/mol. The summed E-state index contributed by atoms with van der Waals surface area (Å²) in [6.07, 6.45) is 0.0482. The van der Waals surface area contributed by atoms with E-state index in [-0.39, 0.29) is 24.5 Å². The van der Waals surface area contributed by atoms with E-state index >= 15 is 0 Å². The van der Waals surface area contributed by atoms with Gasteiger partial charge in [0.2, 0.25) is 0 Å². The Hall–Kier alpha value is -1.44. The Labute approximate surface area is 232 Å². The fourth-order valence-electron chi connectivity index (χ4n) is 10.1. The number of carbonyl (C=O) groups is 2. The minimum absolute atomic E-state index is 0.0518. The molecule has 0 amide bonds. The Morgan fingerprint density at radius 3 is 2.55 bits per heavy atom. The molecular weight excluding hydrogens is 524 g/mol. The largest absolute Gasteiger partial charge is 0.455 e. The molecule has 11 nitrogen and oxygen atoms in total. The Kier molecular flexibility index (Phi) is 6.02. The number of hydrogen-bond donors (Lipinski definition) is 5. The number of rotatable bonds is 4. The minimum atomic E-state index is -1.49. The van der Waals surface area contributed by atoms with Crippen LogP contribution in [0.15, 0.2) is 12.2 Å². The molecule has 0 aromatic rings. The van der Waals surface area contributed by atoms with Crippen molar-refractivity contribution < 1.29 is 54.1 Å². The van der Waals surface area contributed by atoms with Gasteiger partial charge in [-0.1, -0.05) is 6.92 Å². The summed E-state index contributed by atoms with van der Waals surface area (Å²) in [7, 11) is 0. The third-order valence-electron chi connectivity index (χ3n) is 12.2. The molecule has 3 heterocycles. The molecule has 222 valence electrons. The molecule has 11 heteroatoms. The van der Waals surface area contributed by atoms with Crippen LogP contribution in [0.2, 0.25) is 0 Å². The number of ether oxygens (including phenoxy) is 4. The first kappa shape index (κ1) is 27.4. The van der Waals surface area contributed by atoms with Crippen LogP contribution in [0.1, 0.15) is 58.8 Å². The first-order valence-electron chi connectivity index (χ1n) is 14.7. The van der Waals surface area contributed by atoms with Crippen LogP contribution < -0.4 is 0 Å². The maximum Gasteiger partial charge on any atom is 0.331 e. The van der Waals surface area contributed by atoms with Crippen molar-refractivity contribution in [2.75, 3.05) is 6.61 Å². The quantitative estimate of drug-likeness (QED) is 0.173. The van der Waals surface area contributed by atoms with E-state index < -0.39 is 89.0 Å². The van der Waals surface area contributed by atoms with Crippen molar-refractivity contribution in [3.8, 4) is 0 Å². The van der Waals surface area contributed by atoms with Gasteiger partial charge < -0.3 is 44.5 Å². The first-order chi connectivity index (χ1) is 18.9. The molecule has 5 N–H and O–H groups in total. The van der Waals surface area contributed by atoms with Crippen LogP contribution in [0.5, 0.6) is 0 Å². The number of carbonyl (C=O) groups excluding carboxylic acids is 2. The third-order valence-corrected chi connectivity index (χ3v) is 12.2. The summed E-state index contributed by atoms with van der Waals surface area (Å²) in [5.41, 5.74) is -4.36. The van der Waals surface area contributed by atoms with Gasteiger partial charge in [0.15, 0.2) is 12.1 Å². The number of epoxide rings is 1. The lowest BCUT2D eigenvalue weighted by molar-refractivity contribution is -0.278. The lowest BCUT2D eigenvalue weighted by atomic mass is 9.41. The van der Waals surface area contributed by atoms with Gasteiger partial charge in [-0.25, -0.2) is 4.79 Å². The van der Waals surface area contributed by atoms with E-state index in [9.17, 15) is 35.1 Å². The molecule has 0 radical (unpaired) electrons. The highest BCUT2D eigenvalue weighted by Crippen LogP contribution is 2.76. The maximum absolute atomic E-state index is 14.1. The number of esters is 1. The van der Waals surface area contributed by atoms with Crippen LogP contribution in [0, 0.1) is 28.6 Å². The van der Waals surface area contributed by atoms with Gasteiger partial charge >= 0.3 is 5.97 Å². The van der Waals surface area contributed by atoms with Gasteiger partial charge in [-0.2, -0.15) is 0 Å². The summed E-state index contributed by atoms with van der Waals surface area (Å²) in [6, 6.07) is 0. The third kappa shape index (κ3) is 3.29. The van der Waals surface area contributed by atoms with E-state index in [1.165, 1.54) is 6.08 Å². The molecule has 0 aromatic heterocycles. The second-order valence-electron chi connectivity index (χ2n) is 13.7. The lowest BCUT2D eigenvalue weighted by Crippen LogP contribution is -2.76. The van der Waals surface area contributed by atoms with Crippen LogP contribution in [0.4, 0.5) is 0 Å². The maximum atomic E-state index is 14.1. The van der Waals surface area contributed by atoms with E-state index in [4.69, 9.17) is 18.9 Å². The summed E-state index contributed by atoms with van der Waals surface area (Å²) in [4.78, 5) is 26.0. The Morgan fingerprint density at radius 2 is 1.85 bits per heavy atom. The highest BCUT2D eigenvalue weighted by Gasteiger charge is 2.88. The summed E-state index contributed by atoms with van der Waals surface area (Å²) in [6.45, 7) is 3.38. The summed E-state index contributed by atoms with van der Waals surface area (Å²) >= 11 is 0. The van der Waals surface area contributed by atoms with Crippen molar-refractivity contribution in [3.05, 3.63) is 12.2 Å². The second kappa shape index (κ2) is 8.79. The van der Waals surface area contributed by atoms with Crippen molar-refractivity contribution in [3.63, 3.8) is 0 Å². The Bertz CT molecular complexity index is 1130. The zero-order chi connectivity index (χ0) is 28.4. The van der Waals surface area contributed by atoms with Crippen molar-refractivity contribution in [1.82, 2.24) is 0 Å². The van der Waals surface area contributed by atoms with Crippen LogP contribution in [0.3, 0.4) is 0 Å². The number of fused-ring (bicyclic) bond motifs is 3. The van der Waals surface area contributed by atoms with E-state index in [0.29, 0.717) is 38.5 Å². The molecule has 4 aliphatic carbocycles. The molecule has 3 aliphatic heterocycles. The van der Waals surface area contributed by atoms with Crippen molar-refractivity contribution in [1.29, 1.82) is 0 Å². The van der Waals surface area contributed by atoms with Crippen molar-refractivity contribution in [2.45, 2.75) is 119 Å². The van der Waals surface area contributed by atoms with Gasteiger partial charge in [0, 0.05) is 24.3 Å². The summed E-state index contributed by atoms with van der Waals surface area (Å²) < 4.78 is 23.8. The first-order valence-corrected chi connectivity index (χ1v) is 14.7. The number of aliphatic hydroxyl groups excluding tert-OH is 4. The minimum Gasteiger partial charge on any atom is -0.455 e. The van der Waals surface area contributed by atoms with Gasteiger partial charge in [-0.3, -0.25) is 4.79 Å². The SMILES string of the molecule is C[C@]12CC[C@H](O[C@@H]3C[C@H](O)[C@@H](O)[C@H](CO)O3)C[C@H]1C[C@H]1O[C@@]13[C@@H]2[C@@H](O)C(=O)[C@]1(C)[C@@H]([C@H]2C=CC(=O)O2)CC[C@]31O. The fourth-order valence-corrected chi connectivity index (χ4v) is 10.1. The molecule has 4 saturated carbocycles. The van der Waals surface area contributed by atoms with Gasteiger partial charge in [-0.05, 0) is 62.9 Å². The molecule has 0 bridgehead atoms. The van der Waals surface area contributed by atoms with Gasteiger partial charge in [0.25, 0.3) is 0 Å². The molecule has 1 spiro atoms. The summed E-state index contributed by atoms with van der Waals surface area (Å²) in [5, 5.41) is 54.0. The molecule has 0 aromatic carbocycles. The molecule has 2 saturated heterocycles. The van der Waals surface area contributed by atoms with E-state index in [1.54, 1.807) is 13.0 Å². The topological polar surface area (TPSA) is 176 Å². The number of ketones is 1. The molecule has 0 unspecified atom stereocenters. The predicted molar refractivity (Wildman–Crippen MR) is 134 cm³/mol.